The number of piperazine rings is 2. The summed E-state index contributed by atoms with van der Waals surface area (Å²) in [6.45, 7) is 9.47. The van der Waals surface area contributed by atoms with Crippen LogP contribution in [0.4, 0.5) is 0 Å². The normalized spacial score (nSPS) is 19.9. The Morgan fingerprint density at radius 1 is 0.571 bits per heavy atom. The number of benzene rings is 1. The topological polar surface area (TPSA) is 44.5 Å². The molecule has 1 aromatic rings. The molecule has 2 N–H and O–H groups in total. The predicted molar refractivity (Wildman–Crippen MR) is 123 cm³/mol. The molecule has 10 heteroatoms. The van der Waals surface area contributed by atoms with Crippen LogP contribution in [0.3, 0.4) is 0 Å². The highest BCUT2D eigenvalue weighted by atomic mass is 35.5. The van der Waals surface area contributed by atoms with Crippen molar-refractivity contribution in [3.05, 3.63) is 31.2 Å². The molecule has 3 rings (SSSR count). The minimum atomic E-state index is 0. The molecular formula is C18H29Cl5N4O. The molecule has 162 valence electrons. The van der Waals surface area contributed by atoms with Gasteiger partial charge in [0.2, 0.25) is 0 Å². The average Bonchev–Trinajstić information content (AvgIpc) is 2.64. The molecule has 1 aromatic carbocycles. The summed E-state index contributed by atoms with van der Waals surface area (Å²) in [5, 5.41) is 2.18. The lowest BCUT2D eigenvalue weighted by atomic mass is 10.1. The van der Waals surface area contributed by atoms with Crippen LogP contribution >= 0.6 is 58.8 Å². The SMILES string of the molecule is CN1CCN(Cc2c(Cl)c(Cl)c(CN3CCN(C)CC3)c(Cl)c2Cl)CC1.Cl.O. The van der Waals surface area contributed by atoms with Crippen LogP contribution in [-0.4, -0.2) is 91.5 Å². The van der Waals surface area contributed by atoms with Crippen molar-refractivity contribution in [2.24, 2.45) is 0 Å². The zero-order chi connectivity index (χ0) is 18.8. The Morgan fingerprint density at radius 2 is 0.821 bits per heavy atom. The van der Waals surface area contributed by atoms with Crippen LogP contribution in [0.2, 0.25) is 20.1 Å². The quantitative estimate of drug-likeness (QED) is 0.602. The summed E-state index contributed by atoms with van der Waals surface area (Å²) in [5.41, 5.74) is 1.69. The van der Waals surface area contributed by atoms with Gasteiger partial charge in [-0.1, -0.05) is 46.4 Å². The molecule has 2 aliphatic rings. The first-order chi connectivity index (χ1) is 12.4. The lowest BCUT2D eigenvalue weighted by Crippen LogP contribution is -2.44. The van der Waals surface area contributed by atoms with Gasteiger partial charge in [-0.3, -0.25) is 9.80 Å². The summed E-state index contributed by atoms with van der Waals surface area (Å²) < 4.78 is 0. The van der Waals surface area contributed by atoms with Crippen LogP contribution in [0, 0.1) is 0 Å². The Balaban J connectivity index is 0.00000196. The number of nitrogens with zero attached hydrogens (tertiary/aromatic N) is 4. The maximum atomic E-state index is 6.63. The molecule has 28 heavy (non-hydrogen) atoms. The predicted octanol–water partition coefficient (Wildman–Crippen LogP) is 3.39. The fourth-order valence-electron chi connectivity index (χ4n) is 3.46. The van der Waals surface area contributed by atoms with Crippen molar-refractivity contribution in [3.63, 3.8) is 0 Å². The number of likely N-dealkylation sites (N-methyl/N-ethyl adjacent to an activating group) is 2. The van der Waals surface area contributed by atoms with E-state index in [1.54, 1.807) is 0 Å². The first-order valence-corrected chi connectivity index (χ1v) is 10.5. The van der Waals surface area contributed by atoms with Crippen molar-refractivity contribution < 1.29 is 5.48 Å². The molecule has 2 aliphatic heterocycles. The monoisotopic (exact) mass is 492 g/mol. The molecule has 0 atom stereocenters. The number of rotatable bonds is 4. The third-order valence-electron chi connectivity index (χ3n) is 5.40. The molecule has 0 spiro atoms. The van der Waals surface area contributed by atoms with Crippen molar-refractivity contribution in [1.82, 2.24) is 19.6 Å². The van der Waals surface area contributed by atoms with E-state index in [9.17, 15) is 0 Å². The minimum Gasteiger partial charge on any atom is -0.412 e. The summed E-state index contributed by atoms with van der Waals surface area (Å²) in [6, 6.07) is 0. The van der Waals surface area contributed by atoms with Crippen LogP contribution < -0.4 is 0 Å². The number of hydrogen-bond donors (Lipinski definition) is 0. The molecule has 2 heterocycles. The maximum absolute atomic E-state index is 6.63. The molecule has 0 saturated carbocycles. The third-order valence-corrected chi connectivity index (χ3v) is 7.26. The second kappa shape index (κ2) is 11.8. The molecule has 0 amide bonds. The summed E-state index contributed by atoms with van der Waals surface area (Å²) in [5.74, 6) is 0. The van der Waals surface area contributed by atoms with E-state index in [4.69, 9.17) is 46.4 Å². The molecular weight excluding hydrogens is 465 g/mol. The van der Waals surface area contributed by atoms with Gasteiger partial charge in [-0.25, -0.2) is 0 Å². The molecule has 2 saturated heterocycles. The van der Waals surface area contributed by atoms with Crippen molar-refractivity contribution in [2.45, 2.75) is 13.1 Å². The van der Waals surface area contributed by atoms with E-state index >= 15 is 0 Å². The van der Waals surface area contributed by atoms with E-state index in [-0.39, 0.29) is 17.9 Å². The van der Waals surface area contributed by atoms with Gasteiger partial charge in [0.05, 0.1) is 20.1 Å². The summed E-state index contributed by atoms with van der Waals surface area (Å²) in [4.78, 5) is 9.33. The minimum absolute atomic E-state index is 0. The second-order valence-electron chi connectivity index (χ2n) is 7.37. The highest BCUT2D eigenvalue weighted by Crippen LogP contribution is 2.42. The van der Waals surface area contributed by atoms with Gasteiger partial charge in [0.15, 0.2) is 0 Å². The maximum Gasteiger partial charge on any atom is 0.0656 e. The van der Waals surface area contributed by atoms with Gasteiger partial charge < -0.3 is 15.3 Å². The smallest absolute Gasteiger partial charge is 0.0656 e. The lowest BCUT2D eigenvalue weighted by molar-refractivity contribution is 0.147. The number of hydrogen-bond acceptors (Lipinski definition) is 4. The Hall–Kier alpha value is 0.470. The van der Waals surface area contributed by atoms with Gasteiger partial charge >= 0.3 is 0 Å². The van der Waals surface area contributed by atoms with Gasteiger partial charge in [0, 0.05) is 76.6 Å². The number of halogens is 5. The molecule has 0 radical (unpaired) electrons. The van der Waals surface area contributed by atoms with Crippen molar-refractivity contribution in [3.8, 4) is 0 Å². The highest BCUT2D eigenvalue weighted by Gasteiger charge is 2.25. The van der Waals surface area contributed by atoms with Gasteiger partial charge in [-0.15, -0.1) is 12.4 Å². The van der Waals surface area contributed by atoms with E-state index in [0.29, 0.717) is 33.2 Å². The van der Waals surface area contributed by atoms with Crippen LogP contribution in [-0.2, 0) is 13.1 Å². The second-order valence-corrected chi connectivity index (χ2v) is 8.88. The molecule has 0 aromatic heterocycles. The van der Waals surface area contributed by atoms with Crippen LogP contribution in [0.15, 0.2) is 0 Å². The standard InChI is InChI=1S/C18H26Cl4N4.ClH.H2O/c1-23-3-7-25(8-4-23)11-13-15(19)17(21)14(18(22)16(13)20)12-26-9-5-24(2)6-10-26;;/h3-12H2,1-2H3;1H;1H2. The fraction of sp³-hybridized carbons (Fsp3) is 0.667. The summed E-state index contributed by atoms with van der Waals surface area (Å²) >= 11 is 26.5. The Labute approximate surface area is 194 Å². The van der Waals surface area contributed by atoms with Crippen LogP contribution in [0.25, 0.3) is 0 Å². The highest BCUT2D eigenvalue weighted by molar-refractivity contribution is 6.48. The van der Waals surface area contributed by atoms with E-state index in [1.807, 2.05) is 0 Å². The first kappa shape index (κ1) is 26.5. The lowest BCUT2D eigenvalue weighted by Gasteiger charge is -2.34. The third kappa shape index (κ3) is 6.24. The molecule has 0 aliphatic carbocycles. The van der Waals surface area contributed by atoms with E-state index in [2.05, 4.69) is 33.7 Å². The first-order valence-electron chi connectivity index (χ1n) is 9.02. The molecule has 5 nitrogen and oxygen atoms in total. The Kier molecular flexibility index (Phi) is 11.1. The molecule has 2 fully saturated rings. The Morgan fingerprint density at radius 3 is 1.07 bits per heavy atom. The van der Waals surface area contributed by atoms with Crippen molar-refractivity contribution in [2.75, 3.05) is 66.5 Å². The fourth-order valence-corrected chi connectivity index (χ4v) is 4.63. The zero-order valence-corrected chi connectivity index (χ0v) is 20.1. The van der Waals surface area contributed by atoms with Crippen molar-refractivity contribution in [1.29, 1.82) is 0 Å². The van der Waals surface area contributed by atoms with Gasteiger partial charge in [-0.05, 0) is 14.1 Å². The largest absolute Gasteiger partial charge is 0.412 e. The Bertz CT molecular complexity index is 563. The van der Waals surface area contributed by atoms with E-state index in [1.165, 1.54) is 0 Å². The van der Waals surface area contributed by atoms with Gasteiger partial charge in [-0.2, -0.15) is 0 Å². The van der Waals surface area contributed by atoms with E-state index < -0.39 is 0 Å². The van der Waals surface area contributed by atoms with Gasteiger partial charge in [0.1, 0.15) is 0 Å². The summed E-state index contributed by atoms with van der Waals surface area (Å²) in [7, 11) is 4.27. The molecule has 0 bridgehead atoms. The summed E-state index contributed by atoms with van der Waals surface area (Å²) in [6.07, 6.45) is 0. The molecule has 0 unspecified atom stereocenters. The zero-order valence-electron chi connectivity index (χ0n) is 16.3. The van der Waals surface area contributed by atoms with Crippen molar-refractivity contribution >= 4 is 58.8 Å². The van der Waals surface area contributed by atoms with E-state index in [0.717, 1.165) is 63.5 Å². The van der Waals surface area contributed by atoms with Gasteiger partial charge in [0.25, 0.3) is 0 Å². The van der Waals surface area contributed by atoms with Crippen LogP contribution in [0.1, 0.15) is 11.1 Å². The average molecular weight is 495 g/mol. The van der Waals surface area contributed by atoms with Crippen LogP contribution in [0.5, 0.6) is 0 Å².